The zero-order chi connectivity index (χ0) is 13.2. The normalized spacial score (nSPS) is 10.8. The van der Waals surface area contributed by atoms with Crippen LogP contribution in [-0.2, 0) is 6.61 Å². The predicted molar refractivity (Wildman–Crippen MR) is 78.1 cm³/mol. The van der Waals surface area contributed by atoms with Crippen LogP contribution in [0.3, 0.4) is 0 Å². The number of aliphatic hydroxyl groups excluding tert-OH is 1. The monoisotopic (exact) mass is 269 g/mol. The average molecular weight is 270 g/mol. The van der Waals surface area contributed by atoms with E-state index in [1.165, 1.54) is 0 Å². The number of aromatic nitrogens is 1. The van der Waals surface area contributed by atoms with Crippen LogP contribution < -0.4 is 0 Å². The predicted octanol–water partition coefficient (Wildman–Crippen LogP) is 4.05. The number of rotatable bonds is 2. The first-order valence-electron chi connectivity index (χ1n) is 6.04. The molecular weight excluding hydrogens is 258 g/mol. The van der Waals surface area contributed by atoms with Crippen molar-refractivity contribution in [2.45, 2.75) is 6.61 Å². The van der Waals surface area contributed by atoms with Crippen molar-refractivity contribution < 1.29 is 5.11 Å². The molecule has 0 spiro atoms. The molecule has 0 bridgehead atoms. The van der Waals surface area contributed by atoms with Gasteiger partial charge in [0.05, 0.1) is 18.0 Å². The van der Waals surface area contributed by atoms with Gasteiger partial charge < -0.3 is 5.11 Å². The molecule has 0 unspecified atom stereocenters. The Morgan fingerprint density at radius 1 is 1.00 bits per heavy atom. The van der Waals surface area contributed by atoms with Crippen LogP contribution in [0.4, 0.5) is 0 Å². The first-order valence-corrected chi connectivity index (χ1v) is 6.42. The van der Waals surface area contributed by atoms with Crippen molar-refractivity contribution in [1.82, 2.24) is 4.98 Å². The molecule has 0 saturated heterocycles. The summed E-state index contributed by atoms with van der Waals surface area (Å²) in [7, 11) is 0. The molecule has 94 valence electrons. The lowest BCUT2D eigenvalue weighted by atomic mass is 10.0. The van der Waals surface area contributed by atoms with Gasteiger partial charge in [0.1, 0.15) is 0 Å². The fraction of sp³-hybridized carbons (Fsp3) is 0.0625. The maximum Gasteiger partial charge on any atom is 0.0853 e. The van der Waals surface area contributed by atoms with Crippen LogP contribution in [0.25, 0.3) is 22.0 Å². The van der Waals surface area contributed by atoms with E-state index in [2.05, 4.69) is 4.98 Å². The van der Waals surface area contributed by atoms with Crippen LogP contribution in [0.15, 0.2) is 54.6 Å². The van der Waals surface area contributed by atoms with E-state index in [4.69, 9.17) is 11.6 Å². The standard InChI is InChI=1S/C16H12ClNO/c17-15-8-4-3-7-14(15)16-13-6-2-1-5-11(13)9-12(10-19)18-16/h1-9,19H,10H2. The van der Waals surface area contributed by atoms with Gasteiger partial charge in [-0.3, -0.25) is 0 Å². The molecule has 1 heterocycles. The van der Waals surface area contributed by atoms with E-state index in [1.54, 1.807) is 0 Å². The molecule has 0 aliphatic heterocycles. The van der Waals surface area contributed by atoms with Crippen LogP contribution in [0.1, 0.15) is 5.69 Å². The number of hydrogen-bond acceptors (Lipinski definition) is 2. The fourth-order valence-electron chi connectivity index (χ4n) is 2.19. The van der Waals surface area contributed by atoms with Crippen LogP contribution in [-0.4, -0.2) is 10.1 Å². The summed E-state index contributed by atoms with van der Waals surface area (Å²) in [6.07, 6.45) is 0. The van der Waals surface area contributed by atoms with Crippen LogP contribution in [0.2, 0.25) is 5.02 Å². The fourth-order valence-corrected chi connectivity index (χ4v) is 2.42. The summed E-state index contributed by atoms with van der Waals surface area (Å²) in [6.45, 7) is -0.0811. The molecule has 2 nitrogen and oxygen atoms in total. The average Bonchev–Trinajstić information content (AvgIpc) is 2.46. The highest BCUT2D eigenvalue weighted by Crippen LogP contribution is 2.32. The van der Waals surface area contributed by atoms with Crippen molar-refractivity contribution in [3.8, 4) is 11.3 Å². The summed E-state index contributed by atoms with van der Waals surface area (Å²) < 4.78 is 0. The highest BCUT2D eigenvalue weighted by atomic mass is 35.5. The van der Waals surface area contributed by atoms with E-state index in [-0.39, 0.29) is 6.61 Å². The molecule has 3 aromatic rings. The van der Waals surface area contributed by atoms with Crippen molar-refractivity contribution >= 4 is 22.4 Å². The number of fused-ring (bicyclic) bond motifs is 1. The Morgan fingerprint density at radius 3 is 2.53 bits per heavy atom. The lowest BCUT2D eigenvalue weighted by molar-refractivity contribution is 0.277. The van der Waals surface area contributed by atoms with Gasteiger partial charge in [-0.2, -0.15) is 0 Å². The van der Waals surface area contributed by atoms with E-state index in [1.807, 2.05) is 54.6 Å². The number of aliphatic hydroxyl groups is 1. The Balaban J connectivity index is 2.36. The lowest BCUT2D eigenvalue weighted by Gasteiger charge is -2.09. The topological polar surface area (TPSA) is 33.1 Å². The van der Waals surface area contributed by atoms with Crippen molar-refractivity contribution in [3.05, 3.63) is 65.3 Å². The quantitative estimate of drug-likeness (QED) is 0.761. The number of nitrogens with zero attached hydrogens (tertiary/aromatic N) is 1. The highest BCUT2D eigenvalue weighted by Gasteiger charge is 2.10. The minimum atomic E-state index is -0.0811. The Bertz CT molecular complexity index is 740. The molecule has 3 rings (SSSR count). The lowest BCUT2D eigenvalue weighted by Crippen LogP contribution is -1.94. The van der Waals surface area contributed by atoms with E-state index in [0.29, 0.717) is 10.7 Å². The molecule has 0 saturated carbocycles. The number of pyridine rings is 1. The summed E-state index contributed by atoms with van der Waals surface area (Å²) >= 11 is 6.25. The Kier molecular flexibility index (Phi) is 3.20. The molecular formula is C16H12ClNO. The molecule has 19 heavy (non-hydrogen) atoms. The van der Waals surface area contributed by atoms with E-state index in [9.17, 15) is 5.11 Å². The zero-order valence-corrected chi connectivity index (χ0v) is 10.9. The second kappa shape index (κ2) is 5.00. The maximum absolute atomic E-state index is 9.34. The minimum Gasteiger partial charge on any atom is -0.390 e. The van der Waals surface area contributed by atoms with E-state index < -0.39 is 0 Å². The summed E-state index contributed by atoms with van der Waals surface area (Å²) in [5, 5.41) is 12.1. The molecule has 0 atom stereocenters. The SMILES string of the molecule is OCc1cc2ccccc2c(-c2ccccc2Cl)n1. The van der Waals surface area contributed by atoms with Gasteiger partial charge in [-0.15, -0.1) is 0 Å². The molecule has 1 N–H and O–H groups in total. The third-order valence-electron chi connectivity index (χ3n) is 3.08. The first-order chi connectivity index (χ1) is 9.29. The number of hydrogen-bond donors (Lipinski definition) is 1. The Labute approximate surface area is 116 Å². The van der Waals surface area contributed by atoms with Gasteiger partial charge in [0.25, 0.3) is 0 Å². The van der Waals surface area contributed by atoms with Gasteiger partial charge in [0.15, 0.2) is 0 Å². The zero-order valence-electron chi connectivity index (χ0n) is 10.2. The first kappa shape index (κ1) is 12.2. The highest BCUT2D eigenvalue weighted by molar-refractivity contribution is 6.33. The molecule has 0 aliphatic rings. The summed E-state index contributed by atoms with van der Waals surface area (Å²) in [5.74, 6) is 0. The van der Waals surface area contributed by atoms with Gasteiger partial charge in [-0.1, -0.05) is 54.1 Å². The molecule has 1 aromatic heterocycles. The van der Waals surface area contributed by atoms with E-state index >= 15 is 0 Å². The summed E-state index contributed by atoms with van der Waals surface area (Å²) in [6, 6.07) is 17.5. The molecule has 0 radical (unpaired) electrons. The largest absolute Gasteiger partial charge is 0.390 e. The molecule has 0 amide bonds. The molecule has 0 fully saturated rings. The minimum absolute atomic E-state index is 0.0811. The Hall–Kier alpha value is -1.90. The third-order valence-corrected chi connectivity index (χ3v) is 3.41. The van der Waals surface area contributed by atoms with Crippen LogP contribution in [0.5, 0.6) is 0 Å². The van der Waals surface area contributed by atoms with Gasteiger partial charge in [0.2, 0.25) is 0 Å². The smallest absolute Gasteiger partial charge is 0.0853 e. The summed E-state index contributed by atoms with van der Waals surface area (Å²) in [5.41, 5.74) is 2.34. The number of benzene rings is 2. The molecule has 0 aliphatic carbocycles. The Morgan fingerprint density at radius 2 is 1.74 bits per heavy atom. The van der Waals surface area contributed by atoms with Crippen LogP contribution >= 0.6 is 11.6 Å². The van der Waals surface area contributed by atoms with Gasteiger partial charge in [-0.25, -0.2) is 4.98 Å². The van der Waals surface area contributed by atoms with Crippen molar-refractivity contribution in [1.29, 1.82) is 0 Å². The molecule has 2 aromatic carbocycles. The van der Waals surface area contributed by atoms with Crippen molar-refractivity contribution in [2.75, 3.05) is 0 Å². The van der Waals surface area contributed by atoms with Gasteiger partial charge in [-0.05, 0) is 17.5 Å². The maximum atomic E-state index is 9.34. The second-order valence-corrected chi connectivity index (χ2v) is 4.73. The summed E-state index contributed by atoms with van der Waals surface area (Å²) in [4.78, 5) is 4.52. The van der Waals surface area contributed by atoms with E-state index in [0.717, 1.165) is 22.0 Å². The molecule has 3 heteroatoms. The van der Waals surface area contributed by atoms with Crippen molar-refractivity contribution in [2.24, 2.45) is 0 Å². The number of halogens is 1. The van der Waals surface area contributed by atoms with Crippen LogP contribution in [0, 0.1) is 0 Å². The van der Waals surface area contributed by atoms with Gasteiger partial charge >= 0.3 is 0 Å². The second-order valence-electron chi connectivity index (χ2n) is 4.32. The third kappa shape index (κ3) is 2.21. The van der Waals surface area contributed by atoms with Crippen molar-refractivity contribution in [3.63, 3.8) is 0 Å². The van der Waals surface area contributed by atoms with Gasteiger partial charge in [0, 0.05) is 16.0 Å².